The second-order valence-corrected chi connectivity index (χ2v) is 6.03. The SMILES string of the molecule is CN(C)C1CCN(C(=O)NCC2CCC(C(=O)O)O2)CC1. The minimum Gasteiger partial charge on any atom is -0.479 e. The first-order valence-corrected chi connectivity index (χ1v) is 7.55. The normalized spacial score (nSPS) is 27.1. The first-order valence-electron chi connectivity index (χ1n) is 7.55. The van der Waals surface area contributed by atoms with Crippen molar-refractivity contribution in [1.29, 1.82) is 0 Å². The third-order valence-electron chi connectivity index (χ3n) is 4.35. The summed E-state index contributed by atoms with van der Waals surface area (Å²) in [4.78, 5) is 26.9. The number of carbonyl (C=O) groups excluding carboxylic acids is 1. The Hall–Kier alpha value is -1.34. The number of amides is 2. The second-order valence-electron chi connectivity index (χ2n) is 6.03. The van der Waals surface area contributed by atoms with Gasteiger partial charge in [0.15, 0.2) is 6.10 Å². The highest BCUT2D eigenvalue weighted by Crippen LogP contribution is 2.19. The van der Waals surface area contributed by atoms with Crippen molar-refractivity contribution < 1.29 is 19.4 Å². The lowest BCUT2D eigenvalue weighted by Gasteiger charge is -2.35. The Morgan fingerprint density at radius 3 is 2.43 bits per heavy atom. The van der Waals surface area contributed by atoms with Crippen LogP contribution < -0.4 is 5.32 Å². The van der Waals surface area contributed by atoms with Crippen molar-refractivity contribution in [2.75, 3.05) is 33.7 Å². The molecule has 21 heavy (non-hydrogen) atoms. The Morgan fingerprint density at radius 1 is 1.24 bits per heavy atom. The van der Waals surface area contributed by atoms with Gasteiger partial charge in [-0.15, -0.1) is 0 Å². The maximum atomic E-state index is 12.1. The Kier molecular flexibility index (Phi) is 5.41. The second kappa shape index (κ2) is 7.09. The average molecular weight is 299 g/mol. The van der Waals surface area contributed by atoms with Gasteiger partial charge >= 0.3 is 12.0 Å². The molecule has 2 fully saturated rings. The topological polar surface area (TPSA) is 82.1 Å². The number of ether oxygens (including phenoxy) is 1. The molecule has 2 heterocycles. The van der Waals surface area contributed by atoms with Crippen LogP contribution in [0, 0.1) is 0 Å². The summed E-state index contributed by atoms with van der Waals surface area (Å²) in [5.41, 5.74) is 0. The van der Waals surface area contributed by atoms with Crippen LogP contribution in [0.5, 0.6) is 0 Å². The smallest absolute Gasteiger partial charge is 0.332 e. The number of hydrogen-bond donors (Lipinski definition) is 2. The van der Waals surface area contributed by atoms with Gasteiger partial charge in [-0.3, -0.25) is 0 Å². The summed E-state index contributed by atoms with van der Waals surface area (Å²) in [6.07, 6.45) is 2.27. The molecule has 2 N–H and O–H groups in total. The summed E-state index contributed by atoms with van der Waals surface area (Å²) >= 11 is 0. The molecule has 0 radical (unpaired) electrons. The number of likely N-dealkylation sites (tertiary alicyclic amines) is 1. The number of carboxylic acid groups (broad SMARTS) is 1. The van der Waals surface area contributed by atoms with Crippen molar-refractivity contribution >= 4 is 12.0 Å². The van der Waals surface area contributed by atoms with Gasteiger partial charge in [0, 0.05) is 25.7 Å². The van der Waals surface area contributed by atoms with E-state index >= 15 is 0 Å². The fourth-order valence-corrected chi connectivity index (χ4v) is 2.94. The number of nitrogens with one attached hydrogen (secondary N) is 1. The van der Waals surface area contributed by atoms with Crippen LogP contribution in [0.25, 0.3) is 0 Å². The largest absolute Gasteiger partial charge is 0.479 e. The number of aliphatic carboxylic acids is 1. The monoisotopic (exact) mass is 299 g/mol. The van der Waals surface area contributed by atoms with Crippen LogP contribution in [0.4, 0.5) is 4.79 Å². The third-order valence-corrected chi connectivity index (χ3v) is 4.35. The third kappa shape index (κ3) is 4.31. The Bertz CT molecular complexity index is 380. The van der Waals surface area contributed by atoms with Gasteiger partial charge in [-0.2, -0.15) is 0 Å². The molecule has 0 aliphatic carbocycles. The maximum Gasteiger partial charge on any atom is 0.332 e. The van der Waals surface area contributed by atoms with Gasteiger partial charge in [-0.25, -0.2) is 9.59 Å². The highest BCUT2D eigenvalue weighted by Gasteiger charge is 2.31. The quantitative estimate of drug-likeness (QED) is 0.783. The number of carboxylic acids is 1. The van der Waals surface area contributed by atoms with Crippen molar-refractivity contribution in [2.24, 2.45) is 0 Å². The lowest BCUT2D eigenvalue weighted by atomic mass is 10.0. The van der Waals surface area contributed by atoms with E-state index in [1.807, 2.05) is 4.90 Å². The van der Waals surface area contributed by atoms with Crippen LogP contribution in [-0.4, -0.2) is 78.9 Å². The zero-order valence-corrected chi connectivity index (χ0v) is 12.7. The summed E-state index contributed by atoms with van der Waals surface area (Å²) < 4.78 is 5.37. The molecule has 2 amide bonds. The van der Waals surface area contributed by atoms with E-state index in [-0.39, 0.29) is 12.1 Å². The number of carbonyl (C=O) groups is 2. The van der Waals surface area contributed by atoms with Crippen LogP contribution in [0.1, 0.15) is 25.7 Å². The predicted octanol–water partition coefficient (Wildman–Crippen LogP) is 0.354. The summed E-state index contributed by atoms with van der Waals surface area (Å²) in [6, 6.07) is 0.470. The Balaban J connectivity index is 1.68. The molecule has 7 heteroatoms. The molecule has 7 nitrogen and oxygen atoms in total. The lowest BCUT2D eigenvalue weighted by molar-refractivity contribution is -0.149. The van der Waals surface area contributed by atoms with Gasteiger partial charge in [0.1, 0.15) is 0 Å². The lowest BCUT2D eigenvalue weighted by Crippen LogP contribution is -2.49. The molecule has 2 saturated heterocycles. The van der Waals surface area contributed by atoms with Crippen molar-refractivity contribution in [3.8, 4) is 0 Å². The molecule has 0 aromatic rings. The fraction of sp³-hybridized carbons (Fsp3) is 0.857. The first kappa shape index (κ1) is 16.0. The van der Waals surface area contributed by atoms with Crippen LogP contribution in [-0.2, 0) is 9.53 Å². The number of hydrogen-bond acceptors (Lipinski definition) is 4. The van der Waals surface area contributed by atoms with E-state index in [4.69, 9.17) is 9.84 Å². The molecule has 2 aliphatic heterocycles. The van der Waals surface area contributed by atoms with E-state index in [1.165, 1.54) is 0 Å². The number of rotatable bonds is 4. The molecule has 0 aromatic heterocycles. The molecular weight excluding hydrogens is 274 g/mol. The van der Waals surface area contributed by atoms with Crippen molar-refractivity contribution in [3.63, 3.8) is 0 Å². The van der Waals surface area contributed by atoms with Gasteiger partial charge < -0.3 is 25.0 Å². The van der Waals surface area contributed by atoms with E-state index in [9.17, 15) is 9.59 Å². The van der Waals surface area contributed by atoms with Gasteiger partial charge in [0.25, 0.3) is 0 Å². The van der Waals surface area contributed by atoms with E-state index in [0.717, 1.165) is 25.9 Å². The highest BCUT2D eigenvalue weighted by atomic mass is 16.5. The van der Waals surface area contributed by atoms with Crippen LogP contribution in [0.3, 0.4) is 0 Å². The molecule has 2 atom stereocenters. The van der Waals surface area contributed by atoms with Gasteiger partial charge in [-0.05, 0) is 39.8 Å². The van der Waals surface area contributed by atoms with Gasteiger partial charge in [0.2, 0.25) is 0 Å². The number of piperidine rings is 1. The molecule has 2 aliphatic rings. The molecule has 2 unspecified atom stereocenters. The molecule has 120 valence electrons. The minimum absolute atomic E-state index is 0.0745. The fourth-order valence-electron chi connectivity index (χ4n) is 2.94. The van der Waals surface area contributed by atoms with Crippen LogP contribution in [0.2, 0.25) is 0 Å². The van der Waals surface area contributed by atoms with Gasteiger partial charge in [0.05, 0.1) is 6.10 Å². The van der Waals surface area contributed by atoms with E-state index in [1.54, 1.807) is 0 Å². The van der Waals surface area contributed by atoms with Crippen LogP contribution >= 0.6 is 0 Å². The molecule has 0 saturated carbocycles. The minimum atomic E-state index is -0.922. The number of urea groups is 1. The number of nitrogens with zero attached hydrogens (tertiary/aromatic N) is 2. The zero-order valence-electron chi connectivity index (χ0n) is 12.7. The standard InChI is InChI=1S/C14H25N3O4/c1-16(2)10-5-7-17(8-6-10)14(20)15-9-11-3-4-12(21-11)13(18)19/h10-12H,3-9H2,1-2H3,(H,15,20)(H,18,19). The van der Waals surface area contributed by atoms with Gasteiger partial charge in [-0.1, -0.05) is 0 Å². The van der Waals surface area contributed by atoms with Crippen molar-refractivity contribution in [3.05, 3.63) is 0 Å². The highest BCUT2D eigenvalue weighted by molar-refractivity contribution is 5.74. The predicted molar refractivity (Wildman–Crippen MR) is 77.2 cm³/mol. The zero-order chi connectivity index (χ0) is 15.4. The van der Waals surface area contributed by atoms with E-state index < -0.39 is 12.1 Å². The Labute approximate surface area is 125 Å². The van der Waals surface area contributed by atoms with E-state index in [0.29, 0.717) is 25.4 Å². The van der Waals surface area contributed by atoms with Crippen molar-refractivity contribution in [2.45, 2.75) is 43.9 Å². The Morgan fingerprint density at radius 2 is 1.90 bits per heavy atom. The molecule has 0 bridgehead atoms. The summed E-state index contributed by atoms with van der Waals surface area (Å²) in [7, 11) is 4.13. The first-order chi connectivity index (χ1) is 9.97. The van der Waals surface area contributed by atoms with E-state index in [2.05, 4.69) is 24.3 Å². The summed E-state index contributed by atoms with van der Waals surface area (Å²) in [6.45, 7) is 1.91. The average Bonchev–Trinajstić information content (AvgIpc) is 2.94. The summed E-state index contributed by atoms with van der Waals surface area (Å²) in [5, 5.41) is 11.7. The van der Waals surface area contributed by atoms with Crippen LogP contribution in [0.15, 0.2) is 0 Å². The molecular formula is C14H25N3O4. The summed E-state index contributed by atoms with van der Waals surface area (Å²) in [5.74, 6) is -0.922. The van der Waals surface area contributed by atoms with Crippen molar-refractivity contribution in [1.82, 2.24) is 15.1 Å². The maximum absolute atomic E-state index is 12.1. The molecule has 0 aromatic carbocycles. The molecule has 0 spiro atoms. The molecule has 2 rings (SSSR count).